The standard InChI is InChI=1S/C28H35NO5/c1-6-11-29-19-12-27(2,3)14-21(30)25(19)24(26-20(29)13-28(4,5)15-22(26)31)17-7-9-18(10-8-17)34-16-23(32)33/h7-10,24H,6,11-16H2,1-5H3,(H,32,33). The topological polar surface area (TPSA) is 83.9 Å². The smallest absolute Gasteiger partial charge is 0.341 e. The zero-order valence-corrected chi connectivity index (χ0v) is 20.9. The van der Waals surface area contributed by atoms with Crippen molar-refractivity contribution in [3.05, 3.63) is 52.4 Å². The highest BCUT2D eigenvalue weighted by molar-refractivity contribution is 6.06. The van der Waals surface area contributed by atoms with Gasteiger partial charge >= 0.3 is 5.97 Å². The summed E-state index contributed by atoms with van der Waals surface area (Å²) in [6.07, 6.45) is 3.46. The number of rotatable bonds is 6. The molecule has 0 bridgehead atoms. The number of benzene rings is 1. The summed E-state index contributed by atoms with van der Waals surface area (Å²) in [6, 6.07) is 7.19. The van der Waals surface area contributed by atoms with Gasteiger partial charge in [-0.15, -0.1) is 0 Å². The van der Waals surface area contributed by atoms with Crippen molar-refractivity contribution in [2.75, 3.05) is 13.2 Å². The van der Waals surface area contributed by atoms with Gasteiger partial charge in [-0.1, -0.05) is 46.8 Å². The number of nitrogens with zero attached hydrogens (tertiary/aromatic N) is 1. The molecule has 1 N–H and O–H groups in total. The van der Waals surface area contributed by atoms with Crippen molar-refractivity contribution in [2.24, 2.45) is 10.8 Å². The number of ketones is 2. The molecule has 0 fully saturated rings. The normalized spacial score (nSPS) is 22.0. The first kappa shape index (κ1) is 24.2. The third-order valence-corrected chi connectivity index (χ3v) is 7.04. The van der Waals surface area contributed by atoms with E-state index in [1.807, 2.05) is 12.1 Å². The molecule has 1 aromatic carbocycles. The van der Waals surface area contributed by atoms with E-state index >= 15 is 0 Å². The summed E-state index contributed by atoms with van der Waals surface area (Å²) in [5.41, 5.74) is 4.28. The summed E-state index contributed by atoms with van der Waals surface area (Å²) < 4.78 is 5.30. The van der Waals surface area contributed by atoms with Crippen LogP contribution in [0, 0.1) is 10.8 Å². The fraction of sp³-hybridized carbons (Fsp3) is 0.536. The molecule has 4 rings (SSSR count). The highest BCUT2D eigenvalue weighted by Crippen LogP contribution is 2.54. The molecular weight excluding hydrogens is 430 g/mol. The zero-order chi connectivity index (χ0) is 24.8. The van der Waals surface area contributed by atoms with Crippen molar-refractivity contribution in [2.45, 2.75) is 72.6 Å². The second-order valence-corrected chi connectivity index (χ2v) is 11.4. The number of ether oxygens (including phenoxy) is 1. The minimum atomic E-state index is -1.04. The lowest BCUT2D eigenvalue weighted by molar-refractivity contribution is -0.139. The summed E-state index contributed by atoms with van der Waals surface area (Å²) in [5, 5.41) is 8.89. The quantitative estimate of drug-likeness (QED) is 0.618. The SMILES string of the molecule is CCCN1C2=C(C(=O)CC(C)(C)C2)C(c2ccc(OCC(=O)O)cc2)C2=C1CC(C)(C)CC2=O. The van der Waals surface area contributed by atoms with Crippen molar-refractivity contribution in [1.29, 1.82) is 0 Å². The van der Waals surface area contributed by atoms with Crippen LogP contribution in [0.1, 0.15) is 78.2 Å². The molecule has 1 heterocycles. The van der Waals surface area contributed by atoms with E-state index in [-0.39, 0.29) is 28.3 Å². The van der Waals surface area contributed by atoms with Gasteiger partial charge in [0.25, 0.3) is 0 Å². The van der Waals surface area contributed by atoms with Crippen LogP contribution >= 0.6 is 0 Å². The Balaban J connectivity index is 1.87. The lowest BCUT2D eigenvalue weighted by atomic mass is 9.63. The number of carbonyl (C=O) groups excluding carboxylic acids is 2. The van der Waals surface area contributed by atoms with Crippen molar-refractivity contribution < 1.29 is 24.2 Å². The fourth-order valence-electron chi connectivity index (χ4n) is 5.78. The van der Waals surface area contributed by atoms with Gasteiger partial charge in [-0.05, 0) is 47.8 Å². The van der Waals surface area contributed by atoms with Crippen molar-refractivity contribution in [3.8, 4) is 5.75 Å². The number of carboxylic acid groups (broad SMARTS) is 1. The number of carbonyl (C=O) groups is 3. The van der Waals surface area contributed by atoms with E-state index in [1.54, 1.807) is 12.1 Å². The van der Waals surface area contributed by atoms with Crippen LogP contribution in [-0.4, -0.2) is 40.7 Å². The van der Waals surface area contributed by atoms with E-state index in [4.69, 9.17) is 9.84 Å². The van der Waals surface area contributed by atoms with E-state index in [2.05, 4.69) is 39.5 Å². The van der Waals surface area contributed by atoms with Gasteiger partial charge in [0.05, 0.1) is 0 Å². The average molecular weight is 466 g/mol. The molecule has 0 spiro atoms. The van der Waals surface area contributed by atoms with Gasteiger partial charge in [0.2, 0.25) is 0 Å². The first-order valence-electron chi connectivity index (χ1n) is 12.2. The molecule has 0 saturated heterocycles. The molecule has 0 amide bonds. The predicted molar refractivity (Wildman–Crippen MR) is 129 cm³/mol. The molecule has 0 radical (unpaired) electrons. The Morgan fingerprint density at radius 2 is 1.44 bits per heavy atom. The van der Waals surface area contributed by atoms with Gasteiger partial charge in [0.15, 0.2) is 18.2 Å². The molecular formula is C28H35NO5. The Hall–Kier alpha value is -2.89. The van der Waals surface area contributed by atoms with Crippen LogP contribution in [0.3, 0.4) is 0 Å². The van der Waals surface area contributed by atoms with Gasteiger partial charge in [-0.25, -0.2) is 4.79 Å². The predicted octanol–water partition coefficient (Wildman–Crippen LogP) is 5.25. The van der Waals surface area contributed by atoms with Crippen molar-refractivity contribution in [1.82, 2.24) is 4.90 Å². The Kier molecular flexibility index (Phi) is 6.21. The highest BCUT2D eigenvalue weighted by Gasteiger charge is 2.48. The van der Waals surface area contributed by atoms with Gasteiger partial charge in [-0.2, -0.15) is 0 Å². The second-order valence-electron chi connectivity index (χ2n) is 11.4. The maximum absolute atomic E-state index is 13.6. The highest BCUT2D eigenvalue weighted by atomic mass is 16.5. The molecule has 182 valence electrons. The van der Waals surface area contributed by atoms with Crippen LogP contribution in [0.2, 0.25) is 0 Å². The molecule has 2 aliphatic carbocycles. The summed E-state index contributed by atoms with van der Waals surface area (Å²) in [4.78, 5) is 40.4. The first-order chi connectivity index (χ1) is 15.9. The van der Waals surface area contributed by atoms with E-state index in [1.165, 1.54) is 0 Å². The summed E-state index contributed by atoms with van der Waals surface area (Å²) in [5.74, 6) is -0.743. The largest absolute Gasteiger partial charge is 0.482 e. The molecule has 6 nitrogen and oxygen atoms in total. The lowest BCUT2D eigenvalue weighted by Crippen LogP contribution is -2.44. The Labute approximate surface area is 201 Å². The Morgan fingerprint density at radius 1 is 0.941 bits per heavy atom. The molecule has 0 saturated carbocycles. The van der Waals surface area contributed by atoms with Crippen LogP contribution in [-0.2, 0) is 14.4 Å². The number of hydrogen-bond donors (Lipinski definition) is 1. The molecule has 1 aliphatic heterocycles. The monoisotopic (exact) mass is 465 g/mol. The molecule has 0 atom stereocenters. The maximum atomic E-state index is 13.6. The second kappa shape index (κ2) is 8.71. The zero-order valence-electron chi connectivity index (χ0n) is 20.9. The molecule has 1 aromatic rings. The van der Waals surface area contributed by atoms with Gasteiger partial charge in [-0.3, -0.25) is 9.59 Å². The van der Waals surface area contributed by atoms with Gasteiger partial charge in [0.1, 0.15) is 5.75 Å². The number of hydrogen-bond acceptors (Lipinski definition) is 5. The van der Waals surface area contributed by atoms with Crippen molar-refractivity contribution in [3.63, 3.8) is 0 Å². The fourth-order valence-corrected chi connectivity index (χ4v) is 5.78. The van der Waals surface area contributed by atoms with Gasteiger partial charge < -0.3 is 14.7 Å². The Morgan fingerprint density at radius 3 is 1.88 bits per heavy atom. The van der Waals surface area contributed by atoms with Crippen LogP contribution in [0.4, 0.5) is 0 Å². The van der Waals surface area contributed by atoms with E-state index in [0.29, 0.717) is 18.6 Å². The van der Waals surface area contributed by atoms with E-state index in [0.717, 1.165) is 53.9 Å². The van der Waals surface area contributed by atoms with Gasteiger partial charge in [0, 0.05) is 47.8 Å². The molecule has 34 heavy (non-hydrogen) atoms. The van der Waals surface area contributed by atoms with Crippen LogP contribution < -0.4 is 4.74 Å². The van der Waals surface area contributed by atoms with Crippen LogP contribution in [0.15, 0.2) is 46.8 Å². The van der Waals surface area contributed by atoms with E-state index < -0.39 is 12.6 Å². The summed E-state index contributed by atoms with van der Waals surface area (Å²) >= 11 is 0. The number of allylic oxidation sites excluding steroid dienone is 4. The first-order valence-corrected chi connectivity index (χ1v) is 12.2. The lowest BCUT2D eigenvalue weighted by Gasteiger charge is -2.49. The minimum absolute atomic E-state index is 0.118. The molecule has 0 aromatic heterocycles. The van der Waals surface area contributed by atoms with E-state index in [9.17, 15) is 14.4 Å². The maximum Gasteiger partial charge on any atom is 0.341 e. The molecule has 6 heteroatoms. The third kappa shape index (κ3) is 4.55. The third-order valence-electron chi connectivity index (χ3n) is 7.04. The molecule has 3 aliphatic rings. The van der Waals surface area contributed by atoms with Crippen LogP contribution in [0.5, 0.6) is 5.75 Å². The summed E-state index contributed by atoms with van der Waals surface area (Å²) in [7, 11) is 0. The van der Waals surface area contributed by atoms with Crippen LogP contribution in [0.25, 0.3) is 0 Å². The Bertz CT molecular complexity index is 1040. The minimum Gasteiger partial charge on any atom is -0.482 e. The molecule has 0 unspecified atom stereocenters. The number of Topliss-reactive ketones (excluding diaryl/α,β-unsaturated/α-hetero) is 2. The number of carboxylic acids is 1. The van der Waals surface area contributed by atoms with Crippen molar-refractivity contribution >= 4 is 17.5 Å². The number of aliphatic carboxylic acids is 1. The summed E-state index contributed by atoms with van der Waals surface area (Å²) in [6.45, 7) is 11.1. The average Bonchev–Trinajstić information content (AvgIpc) is 2.72.